The Morgan fingerprint density at radius 1 is 1.32 bits per heavy atom. The number of carbonyl (C=O) groups is 1. The van der Waals surface area contributed by atoms with Crippen molar-refractivity contribution in [2.75, 3.05) is 13.7 Å². The smallest absolute Gasteiger partial charge is 0.317 e. The number of rotatable bonds is 7. The van der Waals surface area contributed by atoms with E-state index in [-0.39, 0.29) is 18.5 Å². The lowest BCUT2D eigenvalue weighted by Gasteiger charge is -2.27. The van der Waals surface area contributed by atoms with Gasteiger partial charge in [-0.3, -0.25) is 4.79 Å². The Morgan fingerprint density at radius 2 is 1.89 bits per heavy atom. The lowest BCUT2D eigenvalue weighted by Crippen LogP contribution is -2.41. The van der Waals surface area contributed by atoms with Crippen LogP contribution in [0.25, 0.3) is 0 Å². The van der Waals surface area contributed by atoms with E-state index in [2.05, 4.69) is 5.32 Å². The van der Waals surface area contributed by atoms with E-state index < -0.39 is 12.1 Å². The Kier molecular flexibility index (Phi) is 5.79. The van der Waals surface area contributed by atoms with Crippen molar-refractivity contribution in [1.29, 1.82) is 0 Å². The monoisotopic (exact) mass is 267 g/mol. The summed E-state index contributed by atoms with van der Waals surface area (Å²) in [4.78, 5) is 10.6. The topological polar surface area (TPSA) is 78.8 Å². The SMILES string of the molecule is COc1ccc(C(O)C(NCC(=O)O)C(C)C)cc1. The molecular weight excluding hydrogens is 246 g/mol. The molecule has 0 heterocycles. The third-order valence-corrected chi connectivity index (χ3v) is 3.00. The van der Waals surface area contributed by atoms with Crippen molar-refractivity contribution in [1.82, 2.24) is 5.32 Å². The van der Waals surface area contributed by atoms with E-state index in [4.69, 9.17) is 9.84 Å². The lowest BCUT2D eigenvalue weighted by atomic mass is 9.93. The summed E-state index contributed by atoms with van der Waals surface area (Å²) in [6, 6.07) is 6.78. The first-order chi connectivity index (χ1) is 8.95. The summed E-state index contributed by atoms with van der Waals surface area (Å²) >= 11 is 0. The van der Waals surface area contributed by atoms with Crippen LogP contribution in [0.15, 0.2) is 24.3 Å². The normalized spacial score (nSPS) is 14.2. The molecule has 0 amide bonds. The summed E-state index contributed by atoms with van der Waals surface area (Å²) in [5.41, 5.74) is 0.734. The van der Waals surface area contributed by atoms with Gasteiger partial charge in [0.05, 0.1) is 19.8 Å². The van der Waals surface area contributed by atoms with E-state index in [9.17, 15) is 9.90 Å². The minimum atomic E-state index is -0.937. The number of aliphatic hydroxyl groups is 1. The van der Waals surface area contributed by atoms with Gasteiger partial charge in [-0.2, -0.15) is 0 Å². The highest BCUT2D eigenvalue weighted by Gasteiger charge is 2.24. The molecule has 0 radical (unpaired) electrons. The predicted molar refractivity (Wildman–Crippen MR) is 72.2 cm³/mol. The van der Waals surface area contributed by atoms with Crippen LogP contribution in [0.5, 0.6) is 5.75 Å². The maximum atomic E-state index is 10.6. The van der Waals surface area contributed by atoms with E-state index in [1.165, 1.54) is 0 Å². The van der Waals surface area contributed by atoms with Crippen LogP contribution >= 0.6 is 0 Å². The van der Waals surface area contributed by atoms with Crippen LogP contribution < -0.4 is 10.1 Å². The van der Waals surface area contributed by atoms with E-state index in [0.717, 1.165) is 11.3 Å². The molecule has 0 aromatic heterocycles. The Morgan fingerprint density at radius 3 is 2.32 bits per heavy atom. The minimum Gasteiger partial charge on any atom is -0.497 e. The second kappa shape index (κ2) is 7.11. The summed E-state index contributed by atoms with van der Waals surface area (Å²) in [5.74, 6) is -0.112. The largest absolute Gasteiger partial charge is 0.497 e. The maximum absolute atomic E-state index is 10.6. The molecule has 19 heavy (non-hydrogen) atoms. The fraction of sp³-hybridized carbons (Fsp3) is 0.500. The third kappa shape index (κ3) is 4.54. The lowest BCUT2D eigenvalue weighted by molar-refractivity contribution is -0.136. The molecule has 0 aliphatic carbocycles. The minimum absolute atomic E-state index is 0.108. The van der Waals surface area contributed by atoms with Crippen LogP contribution in [0.3, 0.4) is 0 Å². The summed E-state index contributed by atoms with van der Waals surface area (Å²) in [6.07, 6.45) is -0.759. The molecule has 3 N–H and O–H groups in total. The van der Waals surface area contributed by atoms with Crippen LogP contribution in [0, 0.1) is 5.92 Å². The number of hydrogen-bond acceptors (Lipinski definition) is 4. The van der Waals surface area contributed by atoms with Gasteiger partial charge in [-0.15, -0.1) is 0 Å². The van der Waals surface area contributed by atoms with E-state index in [0.29, 0.717) is 0 Å². The van der Waals surface area contributed by atoms with Crippen molar-refractivity contribution in [3.8, 4) is 5.75 Å². The predicted octanol–water partition coefficient (Wildman–Crippen LogP) is 1.43. The Labute approximate surface area is 113 Å². The van der Waals surface area contributed by atoms with Gasteiger partial charge in [0.2, 0.25) is 0 Å². The quantitative estimate of drug-likeness (QED) is 0.696. The van der Waals surface area contributed by atoms with Crippen molar-refractivity contribution in [2.45, 2.75) is 26.0 Å². The number of nitrogens with one attached hydrogen (secondary N) is 1. The summed E-state index contributed by atoms with van der Waals surface area (Å²) in [6.45, 7) is 3.70. The van der Waals surface area contributed by atoms with Crippen LogP contribution in [0.2, 0.25) is 0 Å². The number of hydrogen-bond donors (Lipinski definition) is 3. The molecule has 0 bridgehead atoms. The first kappa shape index (κ1) is 15.5. The van der Waals surface area contributed by atoms with Gasteiger partial charge in [-0.1, -0.05) is 26.0 Å². The molecule has 1 rings (SSSR count). The van der Waals surface area contributed by atoms with Gasteiger partial charge in [-0.05, 0) is 23.6 Å². The Bertz CT molecular complexity index is 402. The molecule has 1 aromatic rings. The molecule has 0 fully saturated rings. The number of methoxy groups -OCH3 is 1. The molecule has 0 spiro atoms. The number of aliphatic carboxylic acids is 1. The van der Waals surface area contributed by atoms with Crippen molar-refractivity contribution < 1.29 is 19.7 Å². The van der Waals surface area contributed by atoms with E-state index in [1.807, 2.05) is 13.8 Å². The molecule has 2 atom stereocenters. The van der Waals surface area contributed by atoms with Gasteiger partial charge in [0.1, 0.15) is 5.75 Å². The number of ether oxygens (including phenoxy) is 1. The fourth-order valence-electron chi connectivity index (χ4n) is 1.93. The molecule has 5 nitrogen and oxygen atoms in total. The van der Waals surface area contributed by atoms with Crippen molar-refractivity contribution >= 4 is 5.97 Å². The first-order valence-electron chi connectivity index (χ1n) is 6.23. The van der Waals surface area contributed by atoms with Crippen molar-refractivity contribution in [3.63, 3.8) is 0 Å². The molecule has 0 saturated carbocycles. The zero-order valence-corrected chi connectivity index (χ0v) is 11.5. The van der Waals surface area contributed by atoms with Crippen molar-refractivity contribution in [3.05, 3.63) is 29.8 Å². The van der Waals surface area contributed by atoms with Crippen LogP contribution in [0.1, 0.15) is 25.5 Å². The Hall–Kier alpha value is -1.59. The molecule has 2 unspecified atom stereocenters. The summed E-state index contributed by atoms with van der Waals surface area (Å²) < 4.78 is 5.06. The highest BCUT2D eigenvalue weighted by atomic mass is 16.5. The standard InChI is InChI=1S/C14H21NO4/c1-9(2)13(15-8-12(16)17)14(18)10-4-6-11(19-3)7-5-10/h4-7,9,13-15,18H,8H2,1-3H3,(H,16,17). The van der Waals surface area contributed by atoms with Gasteiger partial charge >= 0.3 is 5.97 Å². The molecule has 5 heteroatoms. The number of aliphatic hydroxyl groups excluding tert-OH is 1. The number of carboxylic acids is 1. The van der Waals surface area contributed by atoms with Gasteiger partial charge in [-0.25, -0.2) is 0 Å². The highest BCUT2D eigenvalue weighted by molar-refractivity contribution is 5.69. The second-order valence-electron chi connectivity index (χ2n) is 4.76. The molecule has 0 aliphatic rings. The first-order valence-corrected chi connectivity index (χ1v) is 6.23. The molecular formula is C14H21NO4. The van der Waals surface area contributed by atoms with Crippen LogP contribution in [-0.4, -0.2) is 35.9 Å². The number of carboxylic acid groups (broad SMARTS) is 1. The Balaban J connectivity index is 2.79. The van der Waals surface area contributed by atoms with Gasteiger partial charge in [0, 0.05) is 6.04 Å². The fourth-order valence-corrected chi connectivity index (χ4v) is 1.93. The zero-order chi connectivity index (χ0) is 14.4. The average molecular weight is 267 g/mol. The zero-order valence-electron chi connectivity index (χ0n) is 11.5. The van der Waals surface area contributed by atoms with Gasteiger partial charge < -0.3 is 20.3 Å². The number of benzene rings is 1. The van der Waals surface area contributed by atoms with Gasteiger partial charge in [0.25, 0.3) is 0 Å². The van der Waals surface area contributed by atoms with E-state index >= 15 is 0 Å². The summed E-state index contributed by atoms with van der Waals surface area (Å²) in [5, 5.41) is 21.9. The molecule has 106 valence electrons. The molecule has 0 aliphatic heterocycles. The molecule has 1 aromatic carbocycles. The maximum Gasteiger partial charge on any atom is 0.317 e. The van der Waals surface area contributed by atoms with Crippen molar-refractivity contribution in [2.24, 2.45) is 5.92 Å². The third-order valence-electron chi connectivity index (χ3n) is 3.00. The second-order valence-corrected chi connectivity index (χ2v) is 4.76. The van der Waals surface area contributed by atoms with Crippen LogP contribution in [0.4, 0.5) is 0 Å². The average Bonchev–Trinajstić information content (AvgIpc) is 2.38. The van der Waals surface area contributed by atoms with Crippen LogP contribution in [-0.2, 0) is 4.79 Å². The molecule has 0 saturated heterocycles. The van der Waals surface area contributed by atoms with E-state index in [1.54, 1.807) is 31.4 Å². The highest BCUT2D eigenvalue weighted by Crippen LogP contribution is 2.23. The van der Waals surface area contributed by atoms with Gasteiger partial charge in [0.15, 0.2) is 0 Å². The summed E-state index contributed by atoms with van der Waals surface area (Å²) in [7, 11) is 1.58.